The summed E-state index contributed by atoms with van der Waals surface area (Å²) in [4.78, 5) is 7.57. The Morgan fingerprint density at radius 2 is 2.10 bits per heavy atom. The van der Waals surface area contributed by atoms with Crippen LogP contribution in [0.15, 0.2) is 30.6 Å². The van der Waals surface area contributed by atoms with Crippen molar-refractivity contribution in [1.29, 1.82) is 0 Å². The smallest absolute Gasteiger partial charge is 0.163 e. The average Bonchev–Trinajstić information content (AvgIpc) is 2.88. The van der Waals surface area contributed by atoms with E-state index < -0.39 is 0 Å². The number of ether oxygens (including phenoxy) is 2. The number of nitrogens with zero attached hydrogens (tertiary/aromatic N) is 1. The molecule has 21 heavy (non-hydrogen) atoms. The van der Waals surface area contributed by atoms with Crippen LogP contribution < -0.4 is 14.8 Å². The molecule has 0 radical (unpaired) electrons. The maximum atomic E-state index is 5.83. The highest BCUT2D eigenvalue weighted by atomic mass is 16.5. The number of H-pyrrole nitrogens is 1. The number of fused-ring (bicyclic) bond motifs is 3. The number of hydrogen-bond donors (Lipinski definition) is 2. The molecule has 0 atom stereocenters. The standard InChI is InChI=1S/C16H19N3O2/c1-17-5-3-7-21-16-9-14-11(8-15(16)20-2)12-10-18-6-4-13(12)19-14/h4,6,8-10,17,19H,3,5,7H2,1-2H3. The Bertz CT molecular complexity index is 752. The van der Waals surface area contributed by atoms with Gasteiger partial charge in [-0.25, -0.2) is 0 Å². The summed E-state index contributed by atoms with van der Waals surface area (Å²) in [5, 5.41) is 5.29. The Kier molecular flexibility index (Phi) is 3.92. The molecule has 2 N–H and O–H groups in total. The van der Waals surface area contributed by atoms with E-state index in [2.05, 4.69) is 15.3 Å². The lowest BCUT2D eigenvalue weighted by Crippen LogP contribution is -2.11. The van der Waals surface area contributed by atoms with Crippen LogP contribution in [0.25, 0.3) is 21.8 Å². The third kappa shape index (κ3) is 2.64. The molecule has 0 saturated heterocycles. The number of aromatic nitrogens is 2. The second kappa shape index (κ2) is 6.01. The largest absolute Gasteiger partial charge is 0.493 e. The van der Waals surface area contributed by atoms with E-state index in [-0.39, 0.29) is 0 Å². The van der Waals surface area contributed by atoms with Crippen molar-refractivity contribution in [3.05, 3.63) is 30.6 Å². The molecule has 2 aromatic heterocycles. The van der Waals surface area contributed by atoms with E-state index in [1.54, 1.807) is 13.3 Å². The Balaban J connectivity index is 1.98. The maximum Gasteiger partial charge on any atom is 0.163 e. The van der Waals surface area contributed by atoms with Gasteiger partial charge in [-0.15, -0.1) is 0 Å². The normalized spacial score (nSPS) is 11.1. The highest BCUT2D eigenvalue weighted by molar-refractivity contribution is 6.07. The van der Waals surface area contributed by atoms with Crippen LogP contribution >= 0.6 is 0 Å². The van der Waals surface area contributed by atoms with E-state index in [4.69, 9.17) is 9.47 Å². The number of nitrogens with one attached hydrogen (secondary N) is 2. The molecule has 2 heterocycles. The van der Waals surface area contributed by atoms with Crippen LogP contribution in [0, 0.1) is 0 Å². The Hall–Kier alpha value is -2.27. The number of aromatic amines is 1. The topological polar surface area (TPSA) is 59.2 Å². The lowest BCUT2D eigenvalue weighted by molar-refractivity contribution is 0.289. The van der Waals surface area contributed by atoms with Crippen molar-refractivity contribution in [2.24, 2.45) is 0 Å². The zero-order chi connectivity index (χ0) is 14.7. The summed E-state index contributed by atoms with van der Waals surface area (Å²) >= 11 is 0. The second-order valence-corrected chi connectivity index (χ2v) is 4.90. The SMILES string of the molecule is CNCCCOc1cc2[nH]c3ccncc3c2cc1OC. The summed E-state index contributed by atoms with van der Waals surface area (Å²) in [6, 6.07) is 5.96. The van der Waals surface area contributed by atoms with Crippen molar-refractivity contribution in [2.45, 2.75) is 6.42 Å². The summed E-state index contributed by atoms with van der Waals surface area (Å²) in [7, 11) is 3.60. The van der Waals surface area contributed by atoms with Crippen LogP contribution in [-0.4, -0.2) is 37.3 Å². The first kappa shape index (κ1) is 13.7. The molecule has 0 aliphatic carbocycles. The fraction of sp³-hybridized carbons (Fsp3) is 0.312. The van der Waals surface area contributed by atoms with Gasteiger partial charge >= 0.3 is 0 Å². The van der Waals surface area contributed by atoms with Gasteiger partial charge in [-0.3, -0.25) is 4.98 Å². The highest BCUT2D eigenvalue weighted by Crippen LogP contribution is 2.35. The Morgan fingerprint density at radius 1 is 1.19 bits per heavy atom. The quantitative estimate of drug-likeness (QED) is 0.684. The molecule has 0 spiro atoms. The molecule has 3 aromatic rings. The monoisotopic (exact) mass is 285 g/mol. The van der Waals surface area contributed by atoms with Crippen molar-refractivity contribution in [3.63, 3.8) is 0 Å². The van der Waals surface area contributed by atoms with Crippen LogP contribution in [0.5, 0.6) is 11.5 Å². The fourth-order valence-electron chi connectivity index (χ4n) is 2.45. The Labute approximate surface area is 123 Å². The first-order chi connectivity index (χ1) is 10.3. The summed E-state index contributed by atoms with van der Waals surface area (Å²) in [5.74, 6) is 1.51. The van der Waals surface area contributed by atoms with Gasteiger partial charge in [0.2, 0.25) is 0 Å². The highest BCUT2D eigenvalue weighted by Gasteiger charge is 2.11. The van der Waals surface area contributed by atoms with E-state index in [0.29, 0.717) is 6.61 Å². The van der Waals surface area contributed by atoms with Crippen LogP contribution in [0.2, 0.25) is 0 Å². The van der Waals surface area contributed by atoms with Crippen molar-refractivity contribution in [3.8, 4) is 11.5 Å². The lowest BCUT2D eigenvalue weighted by Gasteiger charge is -2.11. The van der Waals surface area contributed by atoms with Crippen LogP contribution in [-0.2, 0) is 0 Å². The van der Waals surface area contributed by atoms with Crippen molar-refractivity contribution in [1.82, 2.24) is 15.3 Å². The molecule has 110 valence electrons. The molecule has 0 saturated carbocycles. The molecule has 0 bridgehead atoms. The first-order valence-electron chi connectivity index (χ1n) is 7.04. The summed E-state index contributed by atoms with van der Waals surface area (Å²) in [6.07, 6.45) is 4.60. The number of methoxy groups -OCH3 is 1. The molecule has 1 aromatic carbocycles. The van der Waals surface area contributed by atoms with Gasteiger partial charge < -0.3 is 19.8 Å². The molecule has 0 fully saturated rings. The predicted octanol–water partition coefficient (Wildman–Crippen LogP) is 2.71. The molecule has 0 aliphatic rings. The Morgan fingerprint density at radius 3 is 2.90 bits per heavy atom. The summed E-state index contributed by atoms with van der Waals surface area (Å²) in [6.45, 7) is 1.59. The minimum Gasteiger partial charge on any atom is -0.493 e. The molecule has 5 nitrogen and oxygen atoms in total. The van der Waals surface area contributed by atoms with Gasteiger partial charge in [0.05, 0.1) is 19.2 Å². The lowest BCUT2D eigenvalue weighted by atomic mass is 10.2. The molecular weight excluding hydrogens is 266 g/mol. The van der Waals surface area contributed by atoms with Gasteiger partial charge in [-0.1, -0.05) is 0 Å². The summed E-state index contributed by atoms with van der Waals surface area (Å²) in [5.41, 5.74) is 2.09. The minimum atomic E-state index is 0.657. The number of pyridine rings is 1. The fourth-order valence-corrected chi connectivity index (χ4v) is 2.45. The van der Waals surface area contributed by atoms with Crippen molar-refractivity contribution in [2.75, 3.05) is 27.3 Å². The second-order valence-electron chi connectivity index (χ2n) is 4.90. The third-order valence-corrected chi connectivity index (χ3v) is 3.51. The zero-order valence-electron chi connectivity index (χ0n) is 12.3. The first-order valence-corrected chi connectivity index (χ1v) is 7.04. The predicted molar refractivity (Wildman–Crippen MR) is 84.2 cm³/mol. The van der Waals surface area contributed by atoms with Crippen molar-refractivity contribution >= 4 is 21.8 Å². The van der Waals surface area contributed by atoms with E-state index in [1.165, 1.54) is 0 Å². The van der Waals surface area contributed by atoms with Gasteiger partial charge in [0.25, 0.3) is 0 Å². The van der Waals surface area contributed by atoms with Gasteiger partial charge in [0.15, 0.2) is 11.5 Å². The van der Waals surface area contributed by atoms with E-state index in [9.17, 15) is 0 Å². The summed E-state index contributed by atoms with van der Waals surface area (Å²) < 4.78 is 11.3. The van der Waals surface area contributed by atoms with Gasteiger partial charge in [0.1, 0.15) is 0 Å². The number of rotatable bonds is 6. The maximum absolute atomic E-state index is 5.83. The third-order valence-electron chi connectivity index (χ3n) is 3.51. The van der Waals surface area contributed by atoms with Crippen LogP contribution in [0.1, 0.15) is 6.42 Å². The number of benzene rings is 1. The minimum absolute atomic E-state index is 0.657. The molecule has 0 amide bonds. The molecule has 5 heteroatoms. The van der Waals surface area contributed by atoms with E-state index >= 15 is 0 Å². The molecular formula is C16H19N3O2. The molecule has 3 rings (SSSR count). The number of hydrogen-bond acceptors (Lipinski definition) is 4. The van der Waals surface area contributed by atoms with Gasteiger partial charge in [0, 0.05) is 34.7 Å². The molecule has 0 aliphatic heterocycles. The van der Waals surface area contributed by atoms with E-state index in [1.807, 2.05) is 31.4 Å². The van der Waals surface area contributed by atoms with E-state index in [0.717, 1.165) is 46.3 Å². The van der Waals surface area contributed by atoms with Crippen LogP contribution in [0.3, 0.4) is 0 Å². The van der Waals surface area contributed by atoms with Crippen molar-refractivity contribution < 1.29 is 9.47 Å². The zero-order valence-corrected chi connectivity index (χ0v) is 12.3. The molecule has 0 unspecified atom stereocenters. The van der Waals surface area contributed by atoms with Gasteiger partial charge in [-0.2, -0.15) is 0 Å². The van der Waals surface area contributed by atoms with Gasteiger partial charge in [-0.05, 0) is 32.1 Å². The van der Waals surface area contributed by atoms with Crippen LogP contribution in [0.4, 0.5) is 0 Å². The average molecular weight is 285 g/mol.